The Morgan fingerprint density at radius 2 is 2.14 bits per heavy atom. The number of rotatable bonds is 3. The number of ether oxygens (including phenoxy) is 3. The minimum atomic E-state index is -1.17. The Kier molecular flexibility index (Phi) is 3.85. The minimum absolute atomic E-state index is 0.0235. The molecule has 1 fully saturated rings. The van der Waals surface area contributed by atoms with Crippen LogP contribution < -0.4 is 0 Å². The van der Waals surface area contributed by atoms with Gasteiger partial charge in [-0.25, -0.2) is 9.59 Å². The van der Waals surface area contributed by atoms with Gasteiger partial charge in [-0.15, -0.1) is 0 Å². The molecular formula is C13H12ClNO6. The van der Waals surface area contributed by atoms with E-state index in [0.29, 0.717) is 32.0 Å². The molecular weight excluding hydrogens is 302 g/mol. The summed E-state index contributed by atoms with van der Waals surface area (Å²) < 4.78 is 20.3. The van der Waals surface area contributed by atoms with Gasteiger partial charge in [-0.2, -0.15) is 0 Å². The number of carbonyl (C=O) groups excluding carboxylic acids is 2. The maximum atomic E-state index is 11.9. The summed E-state index contributed by atoms with van der Waals surface area (Å²) >= 11 is 5.97. The lowest BCUT2D eigenvalue weighted by Crippen LogP contribution is -2.39. The molecule has 0 spiro atoms. The quantitative estimate of drug-likeness (QED) is 0.773. The van der Waals surface area contributed by atoms with E-state index in [-0.39, 0.29) is 10.8 Å². The van der Waals surface area contributed by atoms with Crippen molar-refractivity contribution in [2.24, 2.45) is 0 Å². The Morgan fingerprint density at radius 3 is 2.81 bits per heavy atom. The maximum absolute atomic E-state index is 11.9. The number of furan rings is 1. The van der Waals surface area contributed by atoms with E-state index in [1.54, 1.807) is 6.07 Å². The molecule has 0 radical (unpaired) electrons. The van der Waals surface area contributed by atoms with Crippen molar-refractivity contribution in [1.29, 1.82) is 0 Å². The summed E-state index contributed by atoms with van der Waals surface area (Å²) in [6.45, 7) is 2.08. The van der Waals surface area contributed by atoms with Crippen molar-refractivity contribution in [1.82, 2.24) is 4.90 Å². The standard InChI is InChI=1S/C13H12ClNO6/c14-9-10(15-3-6-18-7-4-15)13(21-12(9)17)20-11(16)8-2-1-5-19-8/h1-2,5,13H,3-4,6-7H2/t13-/m0/s1. The van der Waals surface area contributed by atoms with Crippen LogP contribution in [0.5, 0.6) is 0 Å². The molecule has 0 saturated carbocycles. The zero-order chi connectivity index (χ0) is 14.8. The van der Waals surface area contributed by atoms with Crippen LogP contribution in [0.1, 0.15) is 10.6 Å². The van der Waals surface area contributed by atoms with Gasteiger partial charge in [0.25, 0.3) is 6.29 Å². The zero-order valence-corrected chi connectivity index (χ0v) is 11.7. The summed E-state index contributed by atoms with van der Waals surface area (Å²) in [4.78, 5) is 25.3. The molecule has 0 aliphatic carbocycles. The van der Waals surface area contributed by atoms with Crippen LogP contribution in [-0.2, 0) is 19.0 Å². The molecule has 21 heavy (non-hydrogen) atoms. The van der Waals surface area contributed by atoms with Crippen LogP contribution >= 0.6 is 11.6 Å². The highest BCUT2D eigenvalue weighted by molar-refractivity contribution is 6.42. The van der Waals surface area contributed by atoms with Crippen LogP contribution in [-0.4, -0.2) is 49.4 Å². The predicted molar refractivity (Wildman–Crippen MR) is 69.3 cm³/mol. The summed E-state index contributed by atoms with van der Waals surface area (Å²) in [5.74, 6) is -1.42. The highest BCUT2D eigenvalue weighted by Crippen LogP contribution is 2.30. The van der Waals surface area contributed by atoms with E-state index in [1.807, 2.05) is 4.90 Å². The maximum Gasteiger partial charge on any atom is 0.377 e. The first kappa shape index (κ1) is 14.0. The third kappa shape index (κ3) is 2.74. The number of hydrogen-bond donors (Lipinski definition) is 0. The number of nitrogens with zero attached hydrogens (tertiary/aromatic N) is 1. The smallest absolute Gasteiger partial charge is 0.377 e. The third-order valence-electron chi connectivity index (χ3n) is 3.13. The molecule has 2 aliphatic rings. The molecule has 1 aromatic heterocycles. The molecule has 0 aromatic carbocycles. The lowest BCUT2D eigenvalue weighted by molar-refractivity contribution is -0.154. The number of cyclic esters (lactones) is 1. The third-order valence-corrected chi connectivity index (χ3v) is 3.48. The van der Waals surface area contributed by atoms with Gasteiger partial charge in [-0.05, 0) is 12.1 Å². The van der Waals surface area contributed by atoms with E-state index in [4.69, 9.17) is 30.2 Å². The first-order valence-corrected chi connectivity index (χ1v) is 6.72. The summed E-state index contributed by atoms with van der Waals surface area (Å²) in [7, 11) is 0. The molecule has 2 aliphatic heterocycles. The van der Waals surface area contributed by atoms with Crippen LogP contribution in [0, 0.1) is 0 Å². The average molecular weight is 314 g/mol. The molecule has 7 nitrogen and oxygen atoms in total. The Bertz CT molecular complexity index is 575. The SMILES string of the molecule is O=C1O[C@H](OC(=O)c2ccco2)C(N2CCOCC2)=C1Cl. The largest absolute Gasteiger partial charge is 0.457 e. The Hall–Kier alpha value is -1.99. The van der Waals surface area contributed by atoms with Crippen LogP contribution in [0.4, 0.5) is 0 Å². The fourth-order valence-electron chi connectivity index (χ4n) is 2.13. The van der Waals surface area contributed by atoms with Gasteiger partial charge in [0.15, 0.2) is 5.03 Å². The van der Waals surface area contributed by atoms with Gasteiger partial charge >= 0.3 is 11.9 Å². The van der Waals surface area contributed by atoms with E-state index in [2.05, 4.69) is 0 Å². The van der Waals surface area contributed by atoms with Crippen molar-refractivity contribution in [3.8, 4) is 0 Å². The number of carbonyl (C=O) groups is 2. The molecule has 3 heterocycles. The molecule has 112 valence electrons. The predicted octanol–water partition coefficient (Wildman–Crippen LogP) is 1.10. The molecule has 3 rings (SSSR count). The highest BCUT2D eigenvalue weighted by atomic mass is 35.5. The number of halogens is 1. The van der Waals surface area contributed by atoms with Crippen molar-refractivity contribution in [2.75, 3.05) is 26.3 Å². The van der Waals surface area contributed by atoms with E-state index in [1.165, 1.54) is 12.3 Å². The van der Waals surface area contributed by atoms with Gasteiger partial charge in [-0.1, -0.05) is 11.6 Å². The fraction of sp³-hybridized carbons (Fsp3) is 0.385. The van der Waals surface area contributed by atoms with E-state index < -0.39 is 18.2 Å². The lowest BCUT2D eigenvalue weighted by atomic mass is 10.3. The Balaban J connectivity index is 1.77. The first-order valence-electron chi connectivity index (χ1n) is 6.34. The van der Waals surface area contributed by atoms with Gasteiger partial charge in [0.2, 0.25) is 5.76 Å². The zero-order valence-electron chi connectivity index (χ0n) is 10.9. The summed E-state index contributed by atoms with van der Waals surface area (Å²) in [5.41, 5.74) is 0.352. The van der Waals surface area contributed by atoms with Crippen LogP contribution in [0.3, 0.4) is 0 Å². The number of morpholine rings is 1. The second kappa shape index (κ2) is 5.79. The lowest BCUT2D eigenvalue weighted by Gasteiger charge is -2.31. The summed E-state index contributed by atoms with van der Waals surface area (Å²) in [6.07, 6.45) is 0.184. The topological polar surface area (TPSA) is 78.2 Å². The molecule has 1 aromatic rings. The molecule has 0 unspecified atom stereocenters. The Labute approximate surface area is 125 Å². The highest BCUT2D eigenvalue weighted by Gasteiger charge is 2.40. The average Bonchev–Trinajstić information content (AvgIpc) is 3.10. The first-order chi connectivity index (χ1) is 10.2. The monoisotopic (exact) mass is 313 g/mol. The van der Waals surface area contributed by atoms with E-state index in [0.717, 1.165) is 0 Å². The second-order valence-corrected chi connectivity index (χ2v) is 4.80. The second-order valence-electron chi connectivity index (χ2n) is 4.42. The van der Waals surface area contributed by atoms with Crippen LogP contribution in [0.2, 0.25) is 0 Å². The molecule has 0 N–H and O–H groups in total. The van der Waals surface area contributed by atoms with Crippen molar-refractivity contribution in [2.45, 2.75) is 6.29 Å². The van der Waals surface area contributed by atoms with E-state index in [9.17, 15) is 9.59 Å². The number of hydrogen-bond acceptors (Lipinski definition) is 7. The van der Waals surface area contributed by atoms with Crippen LogP contribution in [0.15, 0.2) is 33.5 Å². The molecule has 0 bridgehead atoms. The minimum Gasteiger partial charge on any atom is -0.457 e. The van der Waals surface area contributed by atoms with Crippen molar-refractivity contribution in [3.63, 3.8) is 0 Å². The van der Waals surface area contributed by atoms with Gasteiger partial charge in [0, 0.05) is 13.1 Å². The Morgan fingerprint density at radius 1 is 1.38 bits per heavy atom. The summed E-state index contributed by atoms with van der Waals surface area (Å²) in [6, 6.07) is 3.02. The summed E-state index contributed by atoms with van der Waals surface area (Å²) in [5, 5.41) is -0.0749. The fourth-order valence-corrected chi connectivity index (χ4v) is 2.39. The normalized spacial score (nSPS) is 22.4. The molecule has 8 heteroatoms. The van der Waals surface area contributed by atoms with Crippen molar-refractivity contribution >= 4 is 23.5 Å². The van der Waals surface area contributed by atoms with Gasteiger partial charge in [0.1, 0.15) is 5.70 Å². The van der Waals surface area contributed by atoms with E-state index >= 15 is 0 Å². The van der Waals surface area contributed by atoms with Gasteiger partial charge in [-0.3, -0.25) is 0 Å². The van der Waals surface area contributed by atoms with Gasteiger partial charge in [0.05, 0.1) is 19.5 Å². The molecule has 1 atom stereocenters. The van der Waals surface area contributed by atoms with Gasteiger partial charge < -0.3 is 23.5 Å². The molecule has 0 amide bonds. The van der Waals surface area contributed by atoms with Crippen LogP contribution in [0.25, 0.3) is 0 Å². The van der Waals surface area contributed by atoms with Crippen molar-refractivity contribution < 1.29 is 28.2 Å². The molecule has 1 saturated heterocycles. The van der Waals surface area contributed by atoms with Crippen molar-refractivity contribution in [3.05, 3.63) is 34.9 Å². The number of esters is 2.